The summed E-state index contributed by atoms with van der Waals surface area (Å²) in [7, 11) is 2.71. The number of esters is 2. The van der Waals surface area contributed by atoms with Gasteiger partial charge in [0, 0.05) is 11.3 Å². The maximum Gasteiger partial charge on any atom is 0.332 e. The fourth-order valence-electron chi connectivity index (χ4n) is 0.450. The van der Waals surface area contributed by atoms with E-state index in [1.54, 1.807) is 13.8 Å². The van der Waals surface area contributed by atoms with Crippen LogP contribution in [-0.2, 0) is 19.1 Å². The van der Waals surface area contributed by atoms with Crippen molar-refractivity contribution in [3.63, 3.8) is 0 Å². The first-order valence-electron chi connectivity index (χ1n) is 4.33. The van der Waals surface area contributed by atoms with Crippen molar-refractivity contribution in [3.05, 3.63) is 12.2 Å². The summed E-state index contributed by atoms with van der Waals surface area (Å²) in [6.45, 7) is 6.73. The highest BCUT2D eigenvalue weighted by Gasteiger charge is 2.08. The summed E-state index contributed by atoms with van der Waals surface area (Å²) in [5.74, 6) is -0.0736. The molecular weight excluding hydrogens is 216 g/mol. The van der Waals surface area contributed by atoms with Gasteiger partial charge < -0.3 is 9.47 Å². The van der Waals surface area contributed by atoms with Crippen LogP contribution in [0.15, 0.2) is 12.2 Å². The minimum absolute atomic E-state index is 0.0802. The Morgan fingerprint density at radius 2 is 1.80 bits per heavy atom. The van der Waals surface area contributed by atoms with Crippen LogP contribution in [0.1, 0.15) is 13.8 Å². The third-order valence-corrected chi connectivity index (χ3v) is 1.96. The fraction of sp³-hybridized carbons (Fsp3) is 0.600. The molecule has 0 aliphatic carbocycles. The normalized spacial score (nSPS) is 10.5. The summed E-state index contributed by atoms with van der Waals surface area (Å²) >= 11 is 3.91. The molecular formula is C10H18O4S. The van der Waals surface area contributed by atoms with E-state index in [-0.39, 0.29) is 17.9 Å². The Labute approximate surface area is 96.0 Å². The molecule has 15 heavy (non-hydrogen) atoms. The van der Waals surface area contributed by atoms with Gasteiger partial charge in [0.2, 0.25) is 0 Å². The molecule has 0 spiro atoms. The highest BCUT2D eigenvalue weighted by Crippen LogP contribution is 1.98. The highest BCUT2D eigenvalue weighted by atomic mass is 32.1. The van der Waals surface area contributed by atoms with E-state index in [1.165, 1.54) is 14.2 Å². The molecule has 0 bridgehead atoms. The maximum absolute atomic E-state index is 10.5. The van der Waals surface area contributed by atoms with Gasteiger partial charge in [0.05, 0.1) is 20.1 Å². The predicted octanol–water partition coefficient (Wildman–Crippen LogP) is 1.46. The summed E-state index contributed by atoms with van der Waals surface area (Å²) in [6, 6.07) is 0. The van der Waals surface area contributed by atoms with Gasteiger partial charge in [-0.1, -0.05) is 13.5 Å². The van der Waals surface area contributed by atoms with Gasteiger partial charge in [0.15, 0.2) is 0 Å². The van der Waals surface area contributed by atoms with Crippen LogP contribution < -0.4 is 0 Å². The molecule has 0 aromatic rings. The SMILES string of the molecule is C=C(C)C(=O)OC.COC(=O)[C@@H](C)CS. The maximum atomic E-state index is 10.5. The van der Waals surface area contributed by atoms with Crippen molar-refractivity contribution in [2.75, 3.05) is 20.0 Å². The van der Waals surface area contributed by atoms with Gasteiger partial charge in [-0.05, 0) is 6.92 Å². The fourth-order valence-corrected chi connectivity index (χ4v) is 0.599. The molecule has 1 atom stereocenters. The molecule has 0 amide bonds. The number of carbonyl (C=O) groups excluding carboxylic acids is 2. The topological polar surface area (TPSA) is 52.6 Å². The summed E-state index contributed by atoms with van der Waals surface area (Å²) < 4.78 is 8.69. The number of rotatable bonds is 3. The summed E-state index contributed by atoms with van der Waals surface area (Å²) in [4.78, 5) is 20.7. The van der Waals surface area contributed by atoms with Crippen LogP contribution in [0.3, 0.4) is 0 Å². The Morgan fingerprint density at radius 1 is 1.33 bits per heavy atom. The van der Waals surface area contributed by atoms with Gasteiger partial charge in [0.1, 0.15) is 0 Å². The number of methoxy groups -OCH3 is 2. The number of carbonyl (C=O) groups is 2. The molecule has 0 saturated heterocycles. The van der Waals surface area contributed by atoms with Crippen LogP contribution >= 0.6 is 12.6 Å². The second kappa shape index (κ2) is 9.58. The van der Waals surface area contributed by atoms with Gasteiger partial charge in [-0.25, -0.2) is 4.79 Å². The molecule has 0 aliphatic rings. The monoisotopic (exact) mass is 234 g/mol. The van der Waals surface area contributed by atoms with Crippen molar-refractivity contribution in [2.45, 2.75) is 13.8 Å². The van der Waals surface area contributed by atoms with Crippen molar-refractivity contribution >= 4 is 24.6 Å². The molecule has 0 aliphatic heterocycles. The first kappa shape index (κ1) is 16.5. The molecule has 5 heteroatoms. The van der Waals surface area contributed by atoms with E-state index >= 15 is 0 Å². The zero-order valence-electron chi connectivity index (χ0n) is 9.57. The van der Waals surface area contributed by atoms with Crippen molar-refractivity contribution in [1.82, 2.24) is 0 Å². The molecule has 0 rings (SSSR count). The van der Waals surface area contributed by atoms with Crippen LogP contribution in [-0.4, -0.2) is 31.9 Å². The smallest absolute Gasteiger partial charge is 0.332 e. The first-order valence-corrected chi connectivity index (χ1v) is 4.96. The molecule has 0 saturated carbocycles. The largest absolute Gasteiger partial charge is 0.469 e. The number of hydrogen-bond acceptors (Lipinski definition) is 5. The van der Waals surface area contributed by atoms with E-state index in [9.17, 15) is 9.59 Å². The first-order chi connectivity index (χ1) is 6.90. The second-order valence-corrected chi connectivity index (χ2v) is 3.24. The molecule has 88 valence electrons. The van der Waals surface area contributed by atoms with E-state index in [2.05, 4.69) is 28.7 Å². The quantitative estimate of drug-likeness (QED) is 0.456. The third kappa shape index (κ3) is 9.34. The van der Waals surface area contributed by atoms with Gasteiger partial charge in [-0.2, -0.15) is 12.6 Å². The standard InChI is InChI=1S/C5H10O2S.C5H8O2/c1-4(3-8)5(6)7-2;1-4(2)5(6)7-3/h4,8H,3H2,1-2H3;1H2,2-3H3/t4-;/m0./s1. The van der Waals surface area contributed by atoms with Crippen LogP contribution in [0.5, 0.6) is 0 Å². The molecule has 0 heterocycles. The summed E-state index contributed by atoms with van der Waals surface area (Å²) in [5.41, 5.74) is 0.433. The lowest BCUT2D eigenvalue weighted by Gasteiger charge is -2.02. The second-order valence-electron chi connectivity index (χ2n) is 2.88. The minimum atomic E-state index is -0.347. The van der Waals surface area contributed by atoms with E-state index < -0.39 is 0 Å². The Hall–Kier alpha value is -0.970. The van der Waals surface area contributed by atoms with E-state index in [1.807, 2.05) is 0 Å². The molecule has 0 fully saturated rings. The van der Waals surface area contributed by atoms with Crippen LogP contribution in [0.4, 0.5) is 0 Å². The zero-order valence-corrected chi connectivity index (χ0v) is 10.5. The average Bonchev–Trinajstić information content (AvgIpc) is 2.26. The predicted molar refractivity (Wildman–Crippen MR) is 61.9 cm³/mol. The van der Waals surface area contributed by atoms with E-state index in [4.69, 9.17) is 0 Å². The van der Waals surface area contributed by atoms with E-state index in [0.29, 0.717) is 11.3 Å². The van der Waals surface area contributed by atoms with Gasteiger partial charge >= 0.3 is 11.9 Å². The van der Waals surface area contributed by atoms with E-state index in [0.717, 1.165) is 0 Å². The number of thiol groups is 1. The molecule has 0 unspecified atom stereocenters. The van der Waals surface area contributed by atoms with Crippen molar-refractivity contribution in [3.8, 4) is 0 Å². The number of hydrogen-bond donors (Lipinski definition) is 1. The van der Waals surface area contributed by atoms with Crippen LogP contribution in [0.25, 0.3) is 0 Å². The Bertz CT molecular complexity index is 225. The van der Waals surface area contributed by atoms with Gasteiger partial charge in [-0.15, -0.1) is 0 Å². The van der Waals surface area contributed by atoms with Crippen LogP contribution in [0, 0.1) is 5.92 Å². The molecule has 0 aromatic heterocycles. The lowest BCUT2D eigenvalue weighted by Crippen LogP contribution is -2.13. The minimum Gasteiger partial charge on any atom is -0.469 e. The molecule has 0 N–H and O–H groups in total. The Balaban J connectivity index is 0. The van der Waals surface area contributed by atoms with Crippen molar-refractivity contribution in [2.24, 2.45) is 5.92 Å². The summed E-state index contributed by atoms with van der Waals surface area (Å²) in [6.07, 6.45) is 0. The lowest BCUT2D eigenvalue weighted by atomic mass is 10.2. The van der Waals surface area contributed by atoms with Crippen molar-refractivity contribution < 1.29 is 19.1 Å². The Kier molecular flexibility index (Phi) is 10.5. The zero-order chi connectivity index (χ0) is 12.4. The highest BCUT2D eigenvalue weighted by molar-refractivity contribution is 7.80. The molecule has 0 radical (unpaired) electrons. The molecule has 0 aromatic carbocycles. The lowest BCUT2D eigenvalue weighted by molar-refractivity contribution is -0.144. The van der Waals surface area contributed by atoms with Crippen molar-refractivity contribution in [1.29, 1.82) is 0 Å². The summed E-state index contributed by atoms with van der Waals surface area (Å²) in [5, 5.41) is 0. The average molecular weight is 234 g/mol. The van der Waals surface area contributed by atoms with Gasteiger partial charge in [-0.3, -0.25) is 4.79 Å². The van der Waals surface area contributed by atoms with Crippen LogP contribution in [0.2, 0.25) is 0 Å². The Morgan fingerprint density at radius 3 is 1.87 bits per heavy atom. The number of ether oxygens (including phenoxy) is 2. The molecule has 4 nitrogen and oxygen atoms in total. The van der Waals surface area contributed by atoms with Gasteiger partial charge in [0.25, 0.3) is 0 Å². The third-order valence-electron chi connectivity index (χ3n) is 1.41.